The van der Waals surface area contributed by atoms with E-state index in [2.05, 4.69) is 29.9 Å². The highest BCUT2D eigenvalue weighted by Crippen LogP contribution is 2.32. The van der Waals surface area contributed by atoms with Crippen LogP contribution < -0.4 is 9.62 Å². The number of thiol groups is 1. The van der Waals surface area contributed by atoms with Crippen molar-refractivity contribution >= 4 is 53.0 Å². The normalized spacial score (nSPS) is 12.7. The van der Waals surface area contributed by atoms with E-state index < -0.39 is 29.6 Å². The summed E-state index contributed by atoms with van der Waals surface area (Å²) < 4.78 is 24.9. The molecule has 0 aliphatic rings. The maximum Gasteiger partial charge on any atom is 0.269 e. The first-order chi connectivity index (χ1) is 18.7. The van der Waals surface area contributed by atoms with Gasteiger partial charge >= 0.3 is 0 Å². The van der Waals surface area contributed by atoms with Gasteiger partial charge in [-0.25, -0.2) is 13.5 Å². The minimum Gasteiger partial charge on any atom is -0.390 e. The molecule has 0 aliphatic carbocycles. The third-order valence-electron chi connectivity index (χ3n) is 6.25. The van der Waals surface area contributed by atoms with Crippen molar-refractivity contribution in [1.29, 1.82) is 0 Å². The smallest absolute Gasteiger partial charge is 0.269 e. The molecule has 0 saturated heterocycles. The molecule has 3 N–H and O–H groups in total. The van der Waals surface area contributed by atoms with E-state index in [9.17, 15) is 23.5 Å². The molecule has 1 heterocycles. The Morgan fingerprint density at radius 2 is 1.90 bits per heavy atom. The maximum atomic E-state index is 12.9. The standard InChI is InChI=1S/C27H33ClN4O5S2/c1-3-4-9-24-30-26(28)23(16-33)31(24)15-19-10-12-20(13-11-19)21-7-5-6-8-22(21)32(39(36)37)25(34)14-29-27(35)18(2)17-38/h5-8,10-13,18,33,38H,3-4,9,14-17H2,1-2H3,(H,29,35)(H,36,37). The minimum atomic E-state index is -2.66. The number of unbranched alkanes of at least 4 members (excludes halogenated alkanes) is 1. The van der Waals surface area contributed by atoms with Gasteiger partial charge in [0.2, 0.25) is 5.91 Å². The summed E-state index contributed by atoms with van der Waals surface area (Å²) in [6.07, 6.45) is 2.71. The Kier molecular flexibility index (Phi) is 11.6. The largest absolute Gasteiger partial charge is 0.390 e. The van der Waals surface area contributed by atoms with E-state index in [4.69, 9.17) is 11.6 Å². The first kappa shape index (κ1) is 30.8. The highest BCUT2D eigenvalue weighted by molar-refractivity contribution is 7.81. The number of halogens is 1. The van der Waals surface area contributed by atoms with Crippen molar-refractivity contribution in [3.05, 3.63) is 70.8 Å². The van der Waals surface area contributed by atoms with Gasteiger partial charge in [-0.2, -0.15) is 12.6 Å². The van der Waals surface area contributed by atoms with Crippen LogP contribution in [-0.2, 0) is 40.4 Å². The number of para-hydroxylation sites is 1. The van der Waals surface area contributed by atoms with Crippen molar-refractivity contribution in [2.24, 2.45) is 5.92 Å². The summed E-state index contributed by atoms with van der Waals surface area (Å²) in [5, 5.41) is 12.6. The first-order valence-electron chi connectivity index (χ1n) is 12.6. The highest BCUT2D eigenvalue weighted by atomic mass is 35.5. The van der Waals surface area contributed by atoms with Crippen LogP contribution in [0.4, 0.5) is 5.69 Å². The van der Waals surface area contributed by atoms with Crippen LogP contribution in [0.15, 0.2) is 48.5 Å². The van der Waals surface area contributed by atoms with Gasteiger partial charge in [-0.15, -0.1) is 0 Å². The van der Waals surface area contributed by atoms with Gasteiger partial charge < -0.3 is 15.0 Å². The van der Waals surface area contributed by atoms with Crippen molar-refractivity contribution in [3.63, 3.8) is 0 Å². The van der Waals surface area contributed by atoms with Gasteiger partial charge in [0.15, 0.2) is 5.15 Å². The van der Waals surface area contributed by atoms with Crippen LogP contribution in [0.2, 0.25) is 5.15 Å². The third kappa shape index (κ3) is 7.70. The quantitative estimate of drug-likeness (QED) is 0.174. The zero-order chi connectivity index (χ0) is 28.5. The molecule has 39 heavy (non-hydrogen) atoms. The SMILES string of the molecule is CCCCc1nc(Cl)c(CO)n1Cc1ccc(-c2ccccc2N(C(=O)CNC(=O)C(C)CS)S(=O)O)cc1. The first-order valence-corrected chi connectivity index (χ1v) is 14.6. The summed E-state index contributed by atoms with van der Waals surface area (Å²) in [6, 6.07) is 14.3. The number of carbonyl (C=O) groups is 2. The molecule has 2 unspecified atom stereocenters. The molecule has 210 valence electrons. The van der Waals surface area contributed by atoms with Crippen LogP contribution in [0, 0.1) is 5.92 Å². The molecule has 0 bridgehead atoms. The average molecular weight is 593 g/mol. The fraction of sp³-hybridized carbons (Fsp3) is 0.370. The minimum absolute atomic E-state index is 0.223. The molecule has 2 atom stereocenters. The topological polar surface area (TPSA) is 125 Å². The molecule has 3 rings (SSSR count). The number of hydrogen-bond acceptors (Lipinski definition) is 6. The fourth-order valence-corrected chi connectivity index (χ4v) is 5.02. The molecule has 0 spiro atoms. The zero-order valence-electron chi connectivity index (χ0n) is 21.8. The number of imidazole rings is 1. The number of rotatable bonds is 13. The number of anilines is 1. The molecule has 0 aliphatic heterocycles. The van der Waals surface area contributed by atoms with Gasteiger partial charge in [-0.1, -0.05) is 74.3 Å². The summed E-state index contributed by atoms with van der Waals surface area (Å²) >= 11 is 7.68. The lowest BCUT2D eigenvalue weighted by atomic mass is 10.0. The zero-order valence-corrected chi connectivity index (χ0v) is 24.3. The Morgan fingerprint density at radius 1 is 1.21 bits per heavy atom. The molecular weight excluding hydrogens is 560 g/mol. The summed E-state index contributed by atoms with van der Waals surface area (Å²) in [5.41, 5.74) is 3.03. The summed E-state index contributed by atoms with van der Waals surface area (Å²) in [6.45, 7) is 3.58. The second-order valence-corrected chi connectivity index (χ2v) is 10.6. The Hall–Kier alpha value is -2.70. The van der Waals surface area contributed by atoms with E-state index in [1.807, 2.05) is 28.8 Å². The maximum absolute atomic E-state index is 12.9. The predicted octanol–water partition coefficient (Wildman–Crippen LogP) is 4.24. The van der Waals surface area contributed by atoms with Crippen LogP contribution in [-0.4, -0.2) is 47.5 Å². The van der Waals surface area contributed by atoms with Crippen molar-refractivity contribution in [2.75, 3.05) is 16.6 Å². The summed E-state index contributed by atoms with van der Waals surface area (Å²) in [5.74, 6) is -0.380. The molecule has 0 fully saturated rings. The van der Waals surface area contributed by atoms with Gasteiger partial charge in [0.25, 0.3) is 17.2 Å². The molecule has 1 aromatic heterocycles. The highest BCUT2D eigenvalue weighted by Gasteiger charge is 2.25. The number of amides is 2. The van der Waals surface area contributed by atoms with Crippen LogP contribution in [0.1, 0.15) is 43.8 Å². The molecule has 0 radical (unpaired) electrons. The molecule has 3 aromatic rings. The van der Waals surface area contributed by atoms with Gasteiger partial charge in [0.1, 0.15) is 5.82 Å². The van der Waals surface area contributed by atoms with Crippen molar-refractivity contribution in [1.82, 2.24) is 14.9 Å². The summed E-state index contributed by atoms with van der Waals surface area (Å²) in [7, 11) is 0. The third-order valence-corrected chi connectivity index (χ3v) is 7.82. The average Bonchev–Trinajstić information content (AvgIpc) is 3.23. The Morgan fingerprint density at radius 3 is 2.51 bits per heavy atom. The van der Waals surface area contributed by atoms with E-state index in [1.165, 1.54) is 0 Å². The van der Waals surface area contributed by atoms with Crippen molar-refractivity contribution in [3.8, 4) is 11.1 Å². The molecule has 9 nitrogen and oxygen atoms in total. The van der Waals surface area contributed by atoms with Gasteiger partial charge in [-0.05, 0) is 23.6 Å². The number of carbonyl (C=O) groups excluding carboxylic acids is 2. The lowest BCUT2D eigenvalue weighted by molar-refractivity contribution is -0.126. The number of benzene rings is 2. The van der Waals surface area contributed by atoms with Crippen LogP contribution in [0.5, 0.6) is 0 Å². The number of hydrogen-bond donors (Lipinski definition) is 4. The number of aryl methyl sites for hydroxylation is 1. The molecular formula is C27H33ClN4O5S2. The molecule has 0 saturated carbocycles. The van der Waals surface area contributed by atoms with E-state index in [1.54, 1.807) is 31.2 Å². The predicted molar refractivity (Wildman–Crippen MR) is 157 cm³/mol. The number of nitrogens with one attached hydrogen (secondary N) is 1. The van der Waals surface area contributed by atoms with E-state index >= 15 is 0 Å². The van der Waals surface area contributed by atoms with E-state index in [-0.39, 0.29) is 18.2 Å². The van der Waals surface area contributed by atoms with Gasteiger partial charge in [-0.3, -0.25) is 14.1 Å². The van der Waals surface area contributed by atoms with Crippen molar-refractivity contribution < 1.29 is 23.5 Å². The van der Waals surface area contributed by atoms with Crippen LogP contribution in [0.25, 0.3) is 11.1 Å². The Labute approximate surface area is 241 Å². The van der Waals surface area contributed by atoms with Gasteiger partial charge in [0, 0.05) is 30.2 Å². The second kappa shape index (κ2) is 14.6. The fourth-order valence-electron chi connectivity index (χ4n) is 4.03. The Bertz CT molecular complexity index is 1320. The monoisotopic (exact) mass is 592 g/mol. The van der Waals surface area contributed by atoms with E-state index in [0.717, 1.165) is 40.5 Å². The molecule has 2 aromatic carbocycles. The number of aliphatic hydroxyl groups excluding tert-OH is 1. The lowest BCUT2D eigenvalue weighted by Crippen LogP contribution is -2.42. The number of aromatic nitrogens is 2. The number of nitrogens with zero attached hydrogens (tertiary/aromatic N) is 3. The molecule has 2 amide bonds. The van der Waals surface area contributed by atoms with Crippen LogP contribution in [0.3, 0.4) is 0 Å². The molecule has 12 heteroatoms. The second-order valence-electron chi connectivity index (χ2n) is 9.05. The van der Waals surface area contributed by atoms with Crippen molar-refractivity contribution in [2.45, 2.75) is 46.3 Å². The Balaban J connectivity index is 1.87. The number of aliphatic hydroxyl groups is 1. The van der Waals surface area contributed by atoms with Crippen LogP contribution >= 0.6 is 24.2 Å². The summed E-state index contributed by atoms with van der Waals surface area (Å²) in [4.78, 5) is 29.4. The van der Waals surface area contributed by atoms with E-state index in [0.29, 0.717) is 28.7 Å². The lowest BCUT2D eigenvalue weighted by Gasteiger charge is -2.22. The van der Waals surface area contributed by atoms with Gasteiger partial charge in [0.05, 0.1) is 24.5 Å².